The van der Waals surface area contributed by atoms with Crippen LogP contribution in [0.1, 0.15) is 22.8 Å². The van der Waals surface area contributed by atoms with E-state index in [1.807, 2.05) is 12.1 Å². The summed E-state index contributed by atoms with van der Waals surface area (Å²) in [5.74, 6) is 0.280. The normalized spacial score (nSPS) is 11.3. The van der Waals surface area contributed by atoms with Crippen molar-refractivity contribution in [1.29, 1.82) is 0 Å². The number of benzene rings is 1. The third-order valence-electron chi connectivity index (χ3n) is 3.14. The molecule has 0 aliphatic heterocycles. The second-order valence-electron chi connectivity index (χ2n) is 4.97. The average Bonchev–Trinajstić information content (AvgIpc) is 2.57. The summed E-state index contributed by atoms with van der Waals surface area (Å²) in [5, 5.41) is 8.97. The third-order valence-corrected chi connectivity index (χ3v) is 3.14. The second kappa shape index (κ2) is 9.87. The Kier molecular flexibility index (Phi) is 8.18. The first-order valence-electron chi connectivity index (χ1n) is 7.39. The zero-order valence-corrected chi connectivity index (χ0v) is 14.2. The first-order chi connectivity index (χ1) is 11.1. The van der Waals surface area contributed by atoms with Crippen molar-refractivity contribution < 1.29 is 19.4 Å². The van der Waals surface area contributed by atoms with Crippen LogP contribution in [0, 0.1) is 0 Å². The van der Waals surface area contributed by atoms with Crippen LogP contribution in [0.4, 0.5) is 0 Å². The van der Waals surface area contributed by atoms with Gasteiger partial charge in [-0.15, -0.1) is 12.4 Å². The Morgan fingerprint density at radius 3 is 2.62 bits per heavy atom. The number of hydrogen-bond acceptors (Lipinski definition) is 6. The van der Waals surface area contributed by atoms with E-state index in [1.165, 1.54) is 0 Å². The van der Waals surface area contributed by atoms with Crippen molar-refractivity contribution in [3.05, 3.63) is 53.7 Å². The Morgan fingerprint density at radius 2 is 2.00 bits per heavy atom. The molecule has 0 spiro atoms. The van der Waals surface area contributed by atoms with Gasteiger partial charge in [-0.3, -0.25) is 0 Å². The van der Waals surface area contributed by atoms with Crippen LogP contribution in [0.25, 0.3) is 0 Å². The lowest BCUT2D eigenvalue weighted by Gasteiger charge is -2.11. The van der Waals surface area contributed by atoms with E-state index < -0.39 is 5.97 Å². The van der Waals surface area contributed by atoms with Gasteiger partial charge in [-0.25, -0.2) is 9.78 Å². The average molecular weight is 353 g/mol. The van der Waals surface area contributed by atoms with Crippen LogP contribution >= 0.6 is 12.4 Å². The van der Waals surface area contributed by atoms with Gasteiger partial charge in [0, 0.05) is 12.2 Å². The molecule has 0 radical (unpaired) electrons. The Labute approximate surface area is 147 Å². The minimum atomic E-state index is -0.471. The van der Waals surface area contributed by atoms with Gasteiger partial charge in [-0.2, -0.15) is 0 Å². The molecule has 0 bridgehead atoms. The molecule has 0 aliphatic carbocycles. The zero-order chi connectivity index (χ0) is 16.7. The molecule has 0 saturated heterocycles. The maximum absolute atomic E-state index is 11.9. The van der Waals surface area contributed by atoms with Gasteiger partial charge in [0.05, 0.1) is 13.2 Å². The van der Waals surface area contributed by atoms with Crippen LogP contribution in [-0.4, -0.2) is 35.3 Å². The van der Waals surface area contributed by atoms with Crippen molar-refractivity contribution in [3.8, 4) is 11.6 Å². The Bertz CT molecular complexity index is 649. The van der Waals surface area contributed by atoms with Gasteiger partial charge in [0.2, 0.25) is 5.88 Å². The van der Waals surface area contributed by atoms with Crippen LogP contribution in [0.3, 0.4) is 0 Å². The maximum atomic E-state index is 11.9. The number of hydrogen-bond donors (Lipinski definition) is 2. The lowest BCUT2D eigenvalue weighted by Crippen LogP contribution is -2.26. The molecule has 0 fully saturated rings. The predicted octanol–water partition coefficient (Wildman–Crippen LogP) is 2.33. The molecule has 2 rings (SSSR count). The number of aliphatic hydroxyl groups is 1. The number of pyridine rings is 1. The molecular weight excluding hydrogens is 332 g/mol. The summed E-state index contributed by atoms with van der Waals surface area (Å²) in [7, 11) is 0. The van der Waals surface area contributed by atoms with Gasteiger partial charge < -0.3 is 20.3 Å². The number of aliphatic hydroxyl groups excluding tert-OH is 1. The number of ether oxygens (including phenoxy) is 2. The van der Waals surface area contributed by atoms with Gasteiger partial charge in [-0.05, 0) is 43.2 Å². The fourth-order valence-corrected chi connectivity index (χ4v) is 2.01. The van der Waals surface area contributed by atoms with E-state index in [2.05, 4.69) is 4.98 Å². The summed E-state index contributed by atoms with van der Waals surface area (Å²) in [6.07, 6.45) is 2.13. The third kappa shape index (κ3) is 5.49. The van der Waals surface area contributed by atoms with Gasteiger partial charge in [0.25, 0.3) is 0 Å². The van der Waals surface area contributed by atoms with E-state index in [0.29, 0.717) is 12.2 Å². The van der Waals surface area contributed by atoms with Gasteiger partial charge in [0.15, 0.2) is 0 Å². The lowest BCUT2D eigenvalue weighted by molar-refractivity contribution is 0.0522. The van der Waals surface area contributed by atoms with Gasteiger partial charge in [0.1, 0.15) is 11.3 Å². The molecule has 6 nitrogen and oxygen atoms in total. The molecule has 1 aromatic heterocycles. The van der Waals surface area contributed by atoms with Crippen LogP contribution in [0.15, 0.2) is 42.6 Å². The largest absolute Gasteiger partial charge is 0.462 e. The molecule has 7 heteroatoms. The number of aromatic nitrogens is 1. The minimum Gasteiger partial charge on any atom is -0.462 e. The molecule has 3 N–H and O–H groups in total. The summed E-state index contributed by atoms with van der Waals surface area (Å²) in [6.45, 7) is 1.96. The number of carbonyl (C=O) groups excluding carboxylic acids is 1. The molecule has 0 saturated carbocycles. The van der Waals surface area contributed by atoms with Crippen LogP contribution < -0.4 is 10.5 Å². The molecule has 0 unspecified atom stereocenters. The second-order valence-corrected chi connectivity index (χ2v) is 4.97. The maximum Gasteiger partial charge on any atom is 0.343 e. The minimum absolute atomic E-state index is 0. The highest BCUT2D eigenvalue weighted by molar-refractivity contribution is 5.91. The van der Waals surface area contributed by atoms with Crippen molar-refractivity contribution >= 4 is 18.4 Å². The fraction of sp³-hybridized carbons (Fsp3) is 0.294. The van der Waals surface area contributed by atoms with E-state index in [9.17, 15) is 4.79 Å². The lowest BCUT2D eigenvalue weighted by atomic mass is 10.1. The zero-order valence-electron chi connectivity index (χ0n) is 13.3. The highest BCUT2D eigenvalue weighted by Gasteiger charge is 2.15. The molecule has 130 valence electrons. The number of nitrogens with zero attached hydrogens (tertiary/aromatic N) is 1. The number of esters is 1. The van der Waals surface area contributed by atoms with Crippen LogP contribution in [-0.2, 0) is 11.2 Å². The first kappa shape index (κ1) is 19.9. The molecule has 0 aliphatic rings. The molecular formula is C17H21ClN2O4. The van der Waals surface area contributed by atoms with Crippen LogP contribution in [0.5, 0.6) is 11.6 Å². The molecule has 1 aromatic carbocycles. The molecule has 24 heavy (non-hydrogen) atoms. The van der Waals surface area contributed by atoms with Crippen molar-refractivity contribution in [2.45, 2.75) is 19.4 Å². The summed E-state index contributed by atoms with van der Waals surface area (Å²) < 4.78 is 10.7. The van der Waals surface area contributed by atoms with Crippen molar-refractivity contribution in [3.63, 3.8) is 0 Å². The SMILES string of the molecule is CCOC(=O)c1cccnc1Oc1ccc(C[C@H](N)CO)cc1.Cl. The van der Waals surface area contributed by atoms with E-state index in [1.54, 1.807) is 37.4 Å². The van der Waals surface area contributed by atoms with Crippen molar-refractivity contribution in [1.82, 2.24) is 4.98 Å². The summed E-state index contributed by atoms with van der Waals surface area (Å²) in [6, 6.07) is 10.2. The summed E-state index contributed by atoms with van der Waals surface area (Å²) in [4.78, 5) is 16.0. The molecule has 2 aromatic rings. The fourth-order valence-electron chi connectivity index (χ4n) is 2.01. The van der Waals surface area contributed by atoms with Crippen molar-refractivity contribution in [2.24, 2.45) is 5.73 Å². The van der Waals surface area contributed by atoms with E-state index in [0.717, 1.165) is 5.56 Å². The highest BCUT2D eigenvalue weighted by Crippen LogP contribution is 2.24. The highest BCUT2D eigenvalue weighted by atomic mass is 35.5. The Balaban J connectivity index is 0.00000288. The topological polar surface area (TPSA) is 94.7 Å². The van der Waals surface area contributed by atoms with Crippen molar-refractivity contribution in [2.75, 3.05) is 13.2 Å². The number of halogens is 1. The van der Waals surface area contributed by atoms with Gasteiger partial charge in [-0.1, -0.05) is 12.1 Å². The van der Waals surface area contributed by atoms with E-state index in [4.69, 9.17) is 20.3 Å². The number of rotatable bonds is 7. The number of nitrogens with two attached hydrogens (primary N) is 1. The van der Waals surface area contributed by atoms with E-state index >= 15 is 0 Å². The standard InChI is InChI=1S/C17H20N2O4.ClH/c1-2-22-17(21)15-4-3-9-19-16(15)23-14-7-5-12(6-8-14)10-13(18)11-20;/h3-9,13,20H,2,10-11,18H2,1H3;1H/t13-;/m0./s1. The predicted molar refractivity (Wildman–Crippen MR) is 92.7 cm³/mol. The van der Waals surface area contributed by atoms with Gasteiger partial charge >= 0.3 is 5.97 Å². The summed E-state index contributed by atoms with van der Waals surface area (Å²) >= 11 is 0. The monoisotopic (exact) mass is 352 g/mol. The Morgan fingerprint density at radius 1 is 1.29 bits per heavy atom. The smallest absolute Gasteiger partial charge is 0.343 e. The quantitative estimate of drug-likeness (QED) is 0.743. The molecule has 0 amide bonds. The van der Waals surface area contributed by atoms with E-state index in [-0.39, 0.29) is 43.1 Å². The first-order valence-corrected chi connectivity index (χ1v) is 7.39. The molecule has 1 atom stereocenters. The Hall–Kier alpha value is -2.15. The van der Waals surface area contributed by atoms with Crippen LogP contribution in [0.2, 0.25) is 0 Å². The number of carbonyl (C=O) groups is 1. The summed E-state index contributed by atoms with van der Waals surface area (Å²) in [5.41, 5.74) is 6.98. The molecule has 1 heterocycles.